The third-order valence-corrected chi connectivity index (χ3v) is 8.21. The third kappa shape index (κ3) is 7.40. The number of benzene rings is 1. The lowest BCUT2D eigenvalue weighted by molar-refractivity contribution is -0.133. The monoisotopic (exact) mass is 550 g/mol. The molecule has 8 heteroatoms. The Bertz CT molecular complexity index is 1080. The van der Waals surface area contributed by atoms with E-state index in [-0.39, 0.29) is 35.5 Å². The van der Waals surface area contributed by atoms with Gasteiger partial charge in [0.25, 0.3) is 0 Å². The van der Waals surface area contributed by atoms with Gasteiger partial charge in [0, 0.05) is 49.2 Å². The van der Waals surface area contributed by atoms with Crippen molar-refractivity contribution in [3.8, 4) is 0 Å². The Labute approximate surface area is 239 Å². The van der Waals surface area contributed by atoms with Gasteiger partial charge in [0.15, 0.2) is 0 Å². The molecule has 8 nitrogen and oxygen atoms in total. The van der Waals surface area contributed by atoms with Gasteiger partial charge in [-0.25, -0.2) is 0 Å². The Morgan fingerprint density at radius 3 is 1.32 bits per heavy atom. The van der Waals surface area contributed by atoms with Gasteiger partial charge < -0.3 is 20.4 Å². The predicted octanol–water partition coefficient (Wildman–Crippen LogP) is 4.02. The Morgan fingerprint density at radius 2 is 1.02 bits per heavy atom. The highest BCUT2D eigenvalue weighted by Crippen LogP contribution is 2.29. The van der Waals surface area contributed by atoms with E-state index in [1.54, 1.807) is 23.6 Å². The second kappa shape index (κ2) is 12.4. The van der Waals surface area contributed by atoms with Gasteiger partial charge in [-0.05, 0) is 78.4 Å². The number of rotatable bonds is 8. The van der Waals surface area contributed by atoms with Gasteiger partial charge >= 0.3 is 0 Å². The topological polar surface area (TPSA) is 98.8 Å². The average Bonchev–Trinajstić information content (AvgIpc) is 2.91. The summed E-state index contributed by atoms with van der Waals surface area (Å²) in [6.45, 7) is 21.0. The fourth-order valence-electron chi connectivity index (χ4n) is 5.49. The van der Waals surface area contributed by atoms with Crippen molar-refractivity contribution in [1.82, 2.24) is 20.4 Å². The number of carbonyl (C=O) groups is 4. The van der Waals surface area contributed by atoms with Crippen LogP contribution in [0.3, 0.4) is 0 Å². The Balaban J connectivity index is 1.61. The molecule has 0 spiro atoms. The Morgan fingerprint density at radius 1 is 0.700 bits per heavy atom. The molecule has 3 rings (SSSR count). The summed E-state index contributed by atoms with van der Waals surface area (Å²) < 4.78 is 0. The summed E-state index contributed by atoms with van der Waals surface area (Å²) in [6.07, 6.45) is 2.50. The van der Waals surface area contributed by atoms with Crippen molar-refractivity contribution in [3.63, 3.8) is 0 Å². The second-order valence-corrected chi connectivity index (χ2v) is 12.5. The van der Waals surface area contributed by atoms with E-state index < -0.39 is 11.1 Å². The number of amides is 4. The molecule has 0 aliphatic carbocycles. The molecule has 218 valence electrons. The van der Waals surface area contributed by atoms with E-state index in [2.05, 4.69) is 23.8 Å². The number of likely N-dealkylation sites (tertiary alicyclic amines) is 2. The van der Waals surface area contributed by atoms with Gasteiger partial charge in [0.05, 0.1) is 11.1 Å². The van der Waals surface area contributed by atoms with E-state index in [9.17, 15) is 19.2 Å². The van der Waals surface area contributed by atoms with Crippen LogP contribution in [0, 0.1) is 11.8 Å². The number of piperidine rings is 2. The van der Waals surface area contributed by atoms with Crippen molar-refractivity contribution in [2.75, 3.05) is 26.2 Å². The summed E-state index contributed by atoms with van der Waals surface area (Å²) in [5.41, 5.74) is 1.68. The first kappa shape index (κ1) is 31.1. The molecular weight excluding hydrogens is 504 g/mol. The molecular formula is C32H46N4O4. The van der Waals surface area contributed by atoms with Crippen LogP contribution in [0.15, 0.2) is 48.6 Å². The summed E-state index contributed by atoms with van der Waals surface area (Å²) in [5.74, 6) is -0.416. The van der Waals surface area contributed by atoms with E-state index in [4.69, 9.17) is 0 Å². The first-order valence-corrected chi connectivity index (χ1v) is 14.3. The van der Waals surface area contributed by atoms with Gasteiger partial charge in [-0.3, -0.25) is 19.2 Å². The summed E-state index contributed by atoms with van der Waals surface area (Å²) in [6, 6.07) is 7.98. The maximum Gasteiger partial charge on any atom is 0.248 e. The maximum absolute atomic E-state index is 13.2. The smallest absolute Gasteiger partial charge is 0.248 e. The van der Waals surface area contributed by atoms with Gasteiger partial charge in [-0.2, -0.15) is 0 Å². The molecule has 0 bridgehead atoms. The Kier molecular flexibility index (Phi) is 9.64. The lowest BCUT2D eigenvalue weighted by Crippen LogP contribution is -2.49. The minimum atomic E-state index is -0.625. The van der Waals surface area contributed by atoms with E-state index in [0.29, 0.717) is 63.0 Å². The van der Waals surface area contributed by atoms with Crippen LogP contribution in [0.25, 0.3) is 0 Å². The molecule has 2 fully saturated rings. The fraction of sp³-hybridized carbons (Fsp3) is 0.562. The molecule has 4 amide bonds. The van der Waals surface area contributed by atoms with Gasteiger partial charge in [0.2, 0.25) is 23.6 Å². The molecule has 0 unspecified atom stereocenters. The zero-order valence-electron chi connectivity index (χ0n) is 25.1. The Hall–Kier alpha value is -3.42. The van der Waals surface area contributed by atoms with Gasteiger partial charge in [-0.1, -0.05) is 37.4 Å². The quantitative estimate of drug-likeness (QED) is 0.478. The molecule has 0 aromatic heterocycles. The molecule has 2 aliphatic heterocycles. The van der Waals surface area contributed by atoms with Crippen molar-refractivity contribution in [2.24, 2.45) is 11.8 Å². The number of hydrogen-bond donors (Lipinski definition) is 2. The largest absolute Gasteiger partial charge is 0.347 e. The van der Waals surface area contributed by atoms with Crippen LogP contribution in [0.2, 0.25) is 0 Å². The summed E-state index contributed by atoms with van der Waals surface area (Å²) in [7, 11) is 0. The second-order valence-electron chi connectivity index (χ2n) is 12.5. The standard InChI is InChI=1S/C32H46N4O4/c1-21(2)29(39)35-16-12-23(13-17-35)27(37)33-31(5,6)25-10-9-11-26(20-25)32(7,8)34-28(38)24-14-18-36(19-15-24)30(40)22(3)4/h9-11,20,23-24H,1,3,12-19H2,2,4-8H3,(H,33,37)(H,34,38). The lowest BCUT2D eigenvalue weighted by atomic mass is 9.85. The van der Waals surface area contributed by atoms with Crippen molar-refractivity contribution in [2.45, 2.75) is 78.3 Å². The molecule has 1 aromatic carbocycles. The highest BCUT2D eigenvalue weighted by molar-refractivity contribution is 5.93. The molecule has 2 heterocycles. The highest BCUT2D eigenvalue weighted by Gasteiger charge is 2.34. The number of nitrogens with zero attached hydrogens (tertiary/aromatic N) is 2. The first-order chi connectivity index (χ1) is 18.6. The summed E-state index contributed by atoms with van der Waals surface area (Å²) in [4.78, 5) is 54.3. The highest BCUT2D eigenvalue weighted by atomic mass is 16.2. The first-order valence-electron chi connectivity index (χ1n) is 14.3. The molecule has 0 atom stereocenters. The van der Waals surface area contributed by atoms with Crippen LogP contribution < -0.4 is 10.6 Å². The van der Waals surface area contributed by atoms with Crippen LogP contribution in [0.1, 0.15) is 78.4 Å². The average molecular weight is 551 g/mol. The van der Waals surface area contributed by atoms with Crippen LogP contribution in [0.4, 0.5) is 0 Å². The molecule has 1 aromatic rings. The minimum absolute atomic E-state index is 0.0122. The molecule has 2 aliphatic rings. The van der Waals surface area contributed by atoms with Crippen LogP contribution in [-0.4, -0.2) is 59.6 Å². The van der Waals surface area contributed by atoms with E-state index in [0.717, 1.165) is 11.1 Å². The molecule has 2 saturated heterocycles. The zero-order valence-corrected chi connectivity index (χ0v) is 25.1. The van der Waals surface area contributed by atoms with E-state index in [1.807, 2.05) is 52.0 Å². The molecule has 0 radical (unpaired) electrons. The number of hydrogen-bond acceptors (Lipinski definition) is 4. The van der Waals surface area contributed by atoms with E-state index >= 15 is 0 Å². The predicted molar refractivity (Wildman–Crippen MR) is 157 cm³/mol. The van der Waals surface area contributed by atoms with Crippen LogP contribution in [-0.2, 0) is 30.3 Å². The van der Waals surface area contributed by atoms with Gasteiger partial charge in [0.1, 0.15) is 0 Å². The van der Waals surface area contributed by atoms with Crippen molar-refractivity contribution in [3.05, 3.63) is 59.7 Å². The van der Waals surface area contributed by atoms with Crippen molar-refractivity contribution < 1.29 is 19.2 Å². The van der Waals surface area contributed by atoms with Gasteiger partial charge in [-0.15, -0.1) is 0 Å². The van der Waals surface area contributed by atoms with Crippen molar-refractivity contribution >= 4 is 23.6 Å². The normalized spacial score (nSPS) is 17.2. The zero-order chi connectivity index (χ0) is 29.8. The summed E-state index contributed by atoms with van der Waals surface area (Å²) >= 11 is 0. The van der Waals surface area contributed by atoms with Crippen LogP contribution >= 0.6 is 0 Å². The van der Waals surface area contributed by atoms with Crippen LogP contribution in [0.5, 0.6) is 0 Å². The molecule has 40 heavy (non-hydrogen) atoms. The van der Waals surface area contributed by atoms with E-state index in [1.165, 1.54) is 0 Å². The SMILES string of the molecule is C=C(C)C(=O)N1CCC(C(=O)NC(C)(C)c2cccc(C(C)(C)NC(=O)C3CCN(C(=O)C(=C)C)CC3)c2)CC1. The fourth-order valence-corrected chi connectivity index (χ4v) is 5.49. The minimum Gasteiger partial charge on any atom is -0.347 e. The lowest BCUT2D eigenvalue weighted by Gasteiger charge is -2.36. The number of nitrogens with one attached hydrogen (secondary N) is 2. The maximum atomic E-state index is 13.2. The third-order valence-electron chi connectivity index (χ3n) is 8.21. The molecule has 2 N–H and O–H groups in total. The molecule has 0 saturated carbocycles. The van der Waals surface area contributed by atoms with Crippen molar-refractivity contribution in [1.29, 1.82) is 0 Å². The number of carbonyl (C=O) groups excluding carboxylic acids is 4. The summed E-state index contributed by atoms with van der Waals surface area (Å²) in [5, 5.41) is 6.43.